The predicted octanol–water partition coefficient (Wildman–Crippen LogP) is 3.31. The highest BCUT2D eigenvalue weighted by Crippen LogP contribution is 2.18. The maximum atomic E-state index is 11.9. The maximum absolute atomic E-state index is 11.9. The fourth-order valence-corrected chi connectivity index (χ4v) is 2.86. The molecule has 1 aliphatic rings. The third kappa shape index (κ3) is 6.12. The van der Waals surface area contributed by atoms with Crippen molar-refractivity contribution in [1.29, 1.82) is 0 Å². The molecule has 1 N–H and O–H groups in total. The van der Waals surface area contributed by atoms with Crippen LogP contribution in [0.5, 0.6) is 0 Å². The Balaban J connectivity index is 0.00000288. The van der Waals surface area contributed by atoms with Crippen LogP contribution in [0.2, 0.25) is 5.02 Å². The van der Waals surface area contributed by atoms with Gasteiger partial charge in [0.25, 0.3) is 0 Å². The second-order valence-electron chi connectivity index (χ2n) is 5.56. The number of rotatable bonds is 4. The van der Waals surface area contributed by atoms with E-state index < -0.39 is 0 Å². The number of nitrogens with one attached hydrogen (secondary N) is 1. The van der Waals surface area contributed by atoms with Crippen LogP contribution in [0.4, 0.5) is 0 Å². The quantitative estimate of drug-likeness (QED) is 0.321. The average molecular weight is 466 g/mol. The normalized spacial score (nSPS) is 17.9. The van der Waals surface area contributed by atoms with E-state index in [4.69, 9.17) is 16.3 Å². The number of ether oxygens (including phenoxy) is 1. The number of nitrogens with zero attached hydrogens (tertiary/aromatic N) is 2. The summed E-state index contributed by atoms with van der Waals surface area (Å²) in [5, 5.41) is 4.08. The second kappa shape index (κ2) is 10.8. The van der Waals surface area contributed by atoms with Crippen LogP contribution in [-0.2, 0) is 16.1 Å². The molecular weight excluding hydrogens is 441 g/mol. The summed E-state index contributed by atoms with van der Waals surface area (Å²) in [4.78, 5) is 18.4. The summed E-state index contributed by atoms with van der Waals surface area (Å²) >= 11 is 5.90. The molecule has 0 aliphatic carbocycles. The predicted molar refractivity (Wildman–Crippen MR) is 108 cm³/mol. The van der Waals surface area contributed by atoms with Gasteiger partial charge in [0.1, 0.15) is 0 Å². The highest BCUT2D eigenvalue weighted by molar-refractivity contribution is 14.0. The van der Waals surface area contributed by atoms with Gasteiger partial charge in [-0.15, -0.1) is 24.0 Å². The lowest BCUT2D eigenvalue weighted by atomic mass is 9.98. The first kappa shape index (κ1) is 21.0. The molecule has 0 saturated carbocycles. The lowest BCUT2D eigenvalue weighted by molar-refractivity contribution is -0.149. The van der Waals surface area contributed by atoms with E-state index in [0.717, 1.165) is 35.9 Å². The molecule has 1 aromatic rings. The van der Waals surface area contributed by atoms with Crippen LogP contribution in [0.25, 0.3) is 0 Å². The number of carbonyl (C=O) groups is 1. The Morgan fingerprint density at radius 1 is 1.42 bits per heavy atom. The zero-order valence-corrected chi connectivity index (χ0v) is 17.2. The Hall–Kier alpha value is -1.02. The molecule has 1 saturated heterocycles. The number of hydrogen-bond donors (Lipinski definition) is 1. The van der Waals surface area contributed by atoms with Crippen molar-refractivity contribution < 1.29 is 9.53 Å². The number of halogens is 2. The molecular formula is C17H25ClIN3O2. The van der Waals surface area contributed by atoms with Gasteiger partial charge >= 0.3 is 5.97 Å². The Labute approximate surface area is 165 Å². The van der Waals surface area contributed by atoms with Gasteiger partial charge in [-0.1, -0.05) is 23.7 Å². The van der Waals surface area contributed by atoms with Gasteiger partial charge < -0.3 is 15.0 Å². The molecule has 0 amide bonds. The van der Waals surface area contributed by atoms with Gasteiger partial charge in [-0.3, -0.25) is 9.79 Å². The number of benzene rings is 1. The Morgan fingerprint density at radius 2 is 2.12 bits per heavy atom. The van der Waals surface area contributed by atoms with Crippen molar-refractivity contribution in [2.24, 2.45) is 10.9 Å². The molecule has 1 fully saturated rings. The van der Waals surface area contributed by atoms with Gasteiger partial charge in [-0.05, 0) is 37.5 Å². The smallest absolute Gasteiger partial charge is 0.310 e. The minimum Gasteiger partial charge on any atom is -0.466 e. The van der Waals surface area contributed by atoms with Crippen molar-refractivity contribution in [2.45, 2.75) is 26.3 Å². The number of hydrogen-bond acceptors (Lipinski definition) is 3. The van der Waals surface area contributed by atoms with Crippen LogP contribution in [0.3, 0.4) is 0 Å². The Morgan fingerprint density at radius 3 is 2.75 bits per heavy atom. The summed E-state index contributed by atoms with van der Waals surface area (Å²) in [5.41, 5.74) is 1.13. The second-order valence-corrected chi connectivity index (χ2v) is 6.00. The topological polar surface area (TPSA) is 53.9 Å². The first-order valence-corrected chi connectivity index (χ1v) is 8.38. The van der Waals surface area contributed by atoms with Crippen LogP contribution < -0.4 is 5.32 Å². The number of carbonyl (C=O) groups excluding carboxylic acids is 1. The minimum atomic E-state index is -0.106. The SMILES string of the molecule is CCOC(=O)C1CCCN(C(=NC)NCc2ccc(Cl)cc2)C1.I. The van der Waals surface area contributed by atoms with Crippen LogP contribution >= 0.6 is 35.6 Å². The third-order valence-corrected chi connectivity index (χ3v) is 4.17. The number of likely N-dealkylation sites (tertiary alicyclic amines) is 1. The van der Waals surface area contributed by atoms with Crippen molar-refractivity contribution in [3.8, 4) is 0 Å². The summed E-state index contributed by atoms with van der Waals surface area (Å²) in [6, 6.07) is 7.72. The zero-order valence-electron chi connectivity index (χ0n) is 14.1. The molecule has 7 heteroatoms. The van der Waals surface area contributed by atoms with Crippen molar-refractivity contribution in [2.75, 3.05) is 26.7 Å². The molecule has 0 radical (unpaired) electrons. The van der Waals surface area contributed by atoms with Crippen LogP contribution in [-0.4, -0.2) is 43.6 Å². The average Bonchev–Trinajstić information content (AvgIpc) is 2.57. The molecule has 0 spiro atoms. The van der Waals surface area contributed by atoms with E-state index in [1.807, 2.05) is 31.2 Å². The summed E-state index contributed by atoms with van der Waals surface area (Å²) in [7, 11) is 1.76. The molecule has 1 aromatic carbocycles. The Kier molecular flexibility index (Phi) is 9.43. The van der Waals surface area contributed by atoms with Crippen LogP contribution in [0.15, 0.2) is 29.3 Å². The molecule has 1 unspecified atom stereocenters. The standard InChI is InChI=1S/C17H24ClN3O2.HI/c1-3-23-16(22)14-5-4-10-21(12-14)17(19-2)20-11-13-6-8-15(18)9-7-13;/h6-9,14H,3-5,10-12H2,1-2H3,(H,19,20);1H. The minimum absolute atomic E-state index is 0. The molecule has 1 atom stereocenters. The molecule has 1 heterocycles. The fraction of sp³-hybridized carbons (Fsp3) is 0.529. The Bertz CT molecular complexity index is 551. The van der Waals surface area contributed by atoms with E-state index in [9.17, 15) is 4.79 Å². The lowest BCUT2D eigenvalue weighted by Gasteiger charge is -2.34. The molecule has 2 rings (SSSR count). The highest BCUT2D eigenvalue weighted by Gasteiger charge is 2.28. The lowest BCUT2D eigenvalue weighted by Crippen LogP contribution is -2.48. The van der Waals surface area contributed by atoms with Gasteiger partial charge in [-0.25, -0.2) is 0 Å². The summed E-state index contributed by atoms with van der Waals surface area (Å²) in [5.74, 6) is 0.636. The molecule has 0 aromatic heterocycles. The number of piperidine rings is 1. The van der Waals surface area contributed by atoms with E-state index in [1.54, 1.807) is 7.05 Å². The third-order valence-electron chi connectivity index (χ3n) is 3.92. The first-order chi connectivity index (χ1) is 11.1. The van der Waals surface area contributed by atoms with Crippen LogP contribution in [0, 0.1) is 5.92 Å². The van der Waals surface area contributed by atoms with E-state index >= 15 is 0 Å². The van der Waals surface area contributed by atoms with E-state index in [-0.39, 0.29) is 35.9 Å². The summed E-state index contributed by atoms with van der Waals surface area (Å²) in [6.07, 6.45) is 1.84. The highest BCUT2D eigenvalue weighted by atomic mass is 127. The molecule has 5 nitrogen and oxygen atoms in total. The fourth-order valence-electron chi connectivity index (χ4n) is 2.74. The molecule has 134 valence electrons. The van der Waals surface area contributed by atoms with Gasteiger partial charge in [-0.2, -0.15) is 0 Å². The van der Waals surface area contributed by atoms with Crippen LogP contribution in [0.1, 0.15) is 25.3 Å². The van der Waals surface area contributed by atoms with Crippen molar-refractivity contribution >= 4 is 47.5 Å². The summed E-state index contributed by atoms with van der Waals surface area (Å²) in [6.45, 7) is 4.49. The van der Waals surface area contributed by atoms with Gasteiger partial charge in [0.15, 0.2) is 5.96 Å². The van der Waals surface area contributed by atoms with Gasteiger partial charge in [0, 0.05) is 31.7 Å². The monoisotopic (exact) mass is 465 g/mol. The van der Waals surface area contributed by atoms with E-state index in [2.05, 4.69) is 15.2 Å². The molecule has 24 heavy (non-hydrogen) atoms. The molecule has 0 bridgehead atoms. The van der Waals surface area contributed by atoms with Crippen molar-refractivity contribution in [3.63, 3.8) is 0 Å². The number of esters is 1. The van der Waals surface area contributed by atoms with Gasteiger partial charge in [0.2, 0.25) is 0 Å². The zero-order chi connectivity index (χ0) is 16.7. The number of aliphatic imine (C=N–C) groups is 1. The largest absolute Gasteiger partial charge is 0.466 e. The van der Waals surface area contributed by atoms with Crippen molar-refractivity contribution in [1.82, 2.24) is 10.2 Å². The van der Waals surface area contributed by atoms with Gasteiger partial charge in [0.05, 0.1) is 12.5 Å². The van der Waals surface area contributed by atoms with Crippen molar-refractivity contribution in [3.05, 3.63) is 34.9 Å². The maximum Gasteiger partial charge on any atom is 0.310 e. The summed E-state index contributed by atoms with van der Waals surface area (Å²) < 4.78 is 5.15. The first-order valence-electron chi connectivity index (χ1n) is 8.00. The van der Waals surface area contributed by atoms with E-state index in [0.29, 0.717) is 19.7 Å². The number of guanidine groups is 1. The van der Waals surface area contributed by atoms with E-state index in [1.165, 1.54) is 0 Å². The molecule has 1 aliphatic heterocycles.